The molecule has 1 saturated heterocycles. The highest BCUT2D eigenvalue weighted by atomic mass is 32.2. The number of ether oxygens (including phenoxy) is 2. The van der Waals surface area contributed by atoms with E-state index in [2.05, 4.69) is 5.32 Å². The maximum Gasteiger partial charge on any atom is 0.356 e. The number of carboxylic acid groups (broad SMARTS) is 1. The molecule has 0 spiro atoms. The van der Waals surface area contributed by atoms with Crippen LogP contribution in [0.1, 0.15) is 6.92 Å². The van der Waals surface area contributed by atoms with E-state index in [4.69, 9.17) is 9.47 Å². The highest BCUT2D eigenvalue weighted by Gasteiger charge is 2.55. The number of carbonyl (C=O) groups excluding carboxylic acids is 3. The lowest BCUT2D eigenvalue weighted by Crippen LogP contribution is -2.70. The number of β-lactam (4-membered cyclic amide) rings is 1. The van der Waals surface area contributed by atoms with Crippen molar-refractivity contribution in [3.05, 3.63) is 41.8 Å². The number of nitrogens with zero attached hydrogens (tertiary/aromatic N) is 1. The number of hydrogen-bond acceptors (Lipinski definition) is 7. The Balaban J connectivity index is 1.64. The Hall–Kier alpha value is -3.01. The van der Waals surface area contributed by atoms with Gasteiger partial charge in [0, 0.05) is 6.92 Å². The van der Waals surface area contributed by atoms with Gasteiger partial charge in [0.1, 0.15) is 22.9 Å². The monoisotopic (exact) mass is 392 g/mol. The summed E-state index contributed by atoms with van der Waals surface area (Å²) >= 11 is 1.20. The third-order valence-corrected chi connectivity index (χ3v) is 5.09. The first-order valence-electron chi connectivity index (χ1n) is 7.95. The topological polar surface area (TPSA) is 122 Å². The van der Waals surface area contributed by atoms with E-state index in [0.717, 1.165) is 11.8 Å². The van der Waals surface area contributed by atoms with Gasteiger partial charge in [-0.1, -0.05) is 18.2 Å². The molecule has 9 nitrogen and oxygen atoms in total. The third-order valence-electron chi connectivity index (χ3n) is 3.83. The molecule has 2 heterocycles. The number of aliphatic carboxylic acids is 1. The van der Waals surface area contributed by atoms with Crippen molar-refractivity contribution in [3.8, 4) is 5.75 Å². The van der Waals surface area contributed by atoms with Gasteiger partial charge >= 0.3 is 11.9 Å². The number of esters is 1. The molecule has 1 aromatic carbocycles. The molecule has 0 saturated carbocycles. The smallest absolute Gasteiger partial charge is 0.356 e. The Morgan fingerprint density at radius 1 is 1.30 bits per heavy atom. The van der Waals surface area contributed by atoms with E-state index >= 15 is 0 Å². The number of carboxylic acids is 1. The lowest BCUT2D eigenvalue weighted by Gasteiger charge is -2.48. The minimum atomic E-state index is -1.37. The fourth-order valence-electron chi connectivity index (χ4n) is 2.72. The van der Waals surface area contributed by atoms with E-state index in [-0.39, 0.29) is 23.8 Å². The quantitative estimate of drug-likeness (QED) is 0.524. The van der Waals surface area contributed by atoms with Crippen molar-refractivity contribution in [2.45, 2.75) is 18.3 Å². The minimum Gasteiger partial charge on any atom is -0.484 e. The molecule has 2 atom stereocenters. The van der Waals surface area contributed by atoms with Gasteiger partial charge in [-0.25, -0.2) is 4.79 Å². The highest BCUT2D eigenvalue weighted by molar-refractivity contribution is 8.00. The summed E-state index contributed by atoms with van der Waals surface area (Å²) in [5, 5.41) is 11.4. The summed E-state index contributed by atoms with van der Waals surface area (Å²) in [6.07, 6.45) is 0. The zero-order valence-electron chi connectivity index (χ0n) is 14.2. The summed E-state index contributed by atoms with van der Waals surface area (Å²) in [5.74, 6) is -2.58. The van der Waals surface area contributed by atoms with Gasteiger partial charge in [-0.05, 0) is 12.1 Å². The van der Waals surface area contributed by atoms with E-state index in [0.29, 0.717) is 5.75 Å². The number of amides is 2. The van der Waals surface area contributed by atoms with Crippen LogP contribution in [0.4, 0.5) is 0 Å². The SMILES string of the molecule is CC(=O)OC1=C(C(=O)O)N2C(=O)C(NC(=O)COc3ccccc3)[C@@H]2SC1. The molecule has 0 aliphatic carbocycles. The molecule has 0 radical (unpaired) electrons. The van der Waals surface area contributed by atoms with Gasteiger partial charge in [0.15, 0.2) is 12.3 Å². The summed E-state index contributed by atoms with van der Waals surface area (Å²) in [5.41, 5.74) is -0.370. The molecule has 0 bridgehead atoms. The molecule has 2 aliphatic heterocycles. The van der Waals surface area contributed by atoms with E-state index in [9.17, 15) is 24.3 Å². The number of fused-ring (bicyclic) bond motifs is 1. The summed E-state index contributed by atoms with van der Waals surface area (Å²) in [6.45, 7) is 0.877. The molecule has 27 heavy (non-hydrogen) atoms. The standard InChI is InChI=1S/C17H16N2O7S/c1-9(20)26-11-8-27-16-13(15(22)19(16)14(11)17(23)24)18-12(21)7-25-10-5-3-2-4-6-10/h2-6,13,16H,7-8H2,1H3,(H,18,21)(H,23,24)/t13?,16-/m0/s1. The van der Waals surface area contributed by atoms with Gasteiger partial charge in [0.05, 0.1) is 5.75 Å². The second-order valence-corrected chi connectivity index (χ2v) is 6.83. The molecule has 2 N–H and O–H groups in total. The summed E-state index contributed by atoms with van der Waals surface area (Å²) in [6, 6.07) is 7.86. The van der Waals surface area contributed by atoms with Crippen molar-refractivity contribution in [2.24, 2.45) is 0 Å². The highest BCUT2D eigenvalue weighted by Crippen LogP contribution is 2.40. The summed E-state index contributed by atoms with van der Waals surface area (Å²) in [4.78, 5) is 48.1. The average molecular weight is 392 g/mol. The van der Waals surface area contributed by atoms with E-state index in [1.807, 2.05) is 6.07 Å². The van der Waals surface area contributed by atoms with Crippen LogP contribution in [0.15, 0.2) is 41.8 Å². The first kappa shape index (κ1) is 18.8. The Bertz CT molecular complexity index is 824. The van der Waals surface area contributed by atoms with Crippen LogP contribution in [-0.2, 0) is 23.9 Å². The number of carbonyl (C=O) groups is 4. The van der Waals surface area contributed by atoms with Crippen LogP contribution in [0.25, 0.3) is 0 Å². The lowest BCUT2D eigenvalue weighted by atomic mass is 10.0. The van der Waals surface area contributed by atoms with Crippen LogP contribution < -0.4 is 10.1 Å². The van der Waals surface area contributed by atoms with Crippen LogP contribution in [0.3, 0.4) is 0 Å². The fourth-order valence-corrected chi connectivity index (χ4v) is 3.98. The second-order valence-electron chi connectivity index (χ2n) is 5.73. The molecule has 142 valence electrons. The molecule has 1 aromatic rings. The average Bonchev–Trinajstić information content (AvgIpc) is 2.64. The lowest BCUT2D eigenvalue weighted by molar-refractivity contribution is -0.152. The van der Waals surface area contributed by atoms with Crippen LogP contribution in [0.2, 0.25) is 0 Å². The van der Waals surface area contributed by atoms with Gasteiger partial charge in [-0.15, -0.1) is 11.8 Å². The van der Waals surface area contributed by atoms with Crippen molar-refractivity contribution in [3.63, 3.8) is 0 Å². The maximum absolute atomic E-state index is 12.4. The number of rotatable bonds is 6. The van der Waals surface area contributed by atoms with Crippen molar-refractivity contribution in [1.82, 2.24) is 10.2 Å². The van der Waals surface area contributed by atoms with Crippen molar-refractivity contribution in [2.75, 3.05) is 12.4 Å². The second kappa shape index (κ2) is 7.70. The Labute approximate surface area is 158 Å². The van der Waals surface area contributed by atoms with E-state index in [1.54, 1.807) is 24.3 Å². The maximum atomic E-state index is 12.4. The normalized spacial score (nSPS) is 21.1. The molecule has 2 aliphatic rings. The first-order valence-corrected chi connectivity index (χ1v) is 9.00. The van der Waals surface area contributed by atoms with Gasteiger partial charge in [0.2, 0.25) is 0 Å². The van der Waals surface area contributed by atoms with Gasteiger partial charge < -0.3 is 19.9 Å². The zero-order valence-corrected chi connectivity index (χ0v) is 15.0. The van der Waals surface area contributed by atoms with Crippen LogP contribution >= 0.6 is 11.8 Å². The number of nitrogens with one attached hydrogen (secondary N) is 1. The van der Waals surface area contributed by atoms with E-state index in [1.165, 1.54) is 11.8 Å². The van der Waals surface area contributed by atoms with Gasteiger partial charge in [-0.3, -0.25) is 19.3 Å². The molecule has 1 unspecified atom stereocenters. The van der Waals surface area contributed by atoms with Gasteiger partial charge in [-0.2, -0.15) is 0 Å². The summed E-state index contributed by atoms with van der Waals surface area (Å²) in [7, 11) is 0. The van der Waals surface area contributed by atoms with Crippen molar-refractivity contribution >= 4 is 35.5 Å². The molecule has 3 rings (SSSR count). The molecular formula is C17H16N2O7S. The molecule has 0 aromatic heterocycles. The summed E-state index contributed by atoms with van der Waals surface area (Å²) < 4.78 is 10.2. The Kier molecular flexibility index (Phi) is 5.36. The number of para-hydroxylation sites is 1. The Morgan fingerprint density at radius 2 is 2.00 bits per heavy atom. The minimum absolute atomic E-state index is 0.0817. The van der Waals surface area contributed by atoms with E-state index < -0.39 is 35.2 Å². The zero-order chi connectivity index (χ0) is 19.6. The fraction of sp³-hybridized carbons (Fsp3) is 0.294. The third kappa shape index (κ3) is 3.90. The number of benzene rings is 1. The van der Waals surface area contributed by atoms with Crippen molar-refractivity contribution < 1.29 is 33.8 Å². The van der Waals surface area contributed by atoms with Crippen LogP contribution in [0, 0.1) is 0 Å². The molecule has 1 fully saturated rings. The van der Waals surface area contributed by atoms with Crippen molar-refractivity contribution in [1.29, 1.82) is 0 Å². The predicted octanol–water partition coefficient (Wildman–Crippen LogP) is 0.325. The number of hydrogen-bond donors (Lipinski definition) is 2. The first-order chi connectivity index (χ1) is 12.9. The predicted molar refractivity (Wildman–Crippen MR) is 93.4 cm³/mol. The molecule has 10 heteroatoms. The molecular weight excluding hydrogens is 376 g/mol. The van der Waals surface area contributed by atoms with Crippen LogP contribution in [-0.4, -0.2) is 57.5 Å². The molecule has 2 amide bonds. The number of thioether (sulfide) groups is 1. The Morgan fingerprint density at radius 3 is 2.63 bits per heavy atom. The largest absolute Gasteiger partial charge is 0.484 e. The van der Waals surface area contributed by atoms with Gasteiger partial charge in [0.25, 0.3) is 11.8 Å². The van der Waals surface area contributed by atoms with Crippen LogP contribution in [0.5, 0.6) is 5.75 Å².